The molecule has 0 saturated carbocycles. The first-order valence-electron chi connectivity index (χ1n) is 17.6. The van der Waals surface area contributed by atoms with Crippen molar-refractivity contribution in [3.05, 3.63) is 169 Å². The van der Waals surface area contributed by atoms with Gasteiger partial charge in [0.05, 0.1) is 0 Å². The molecule has 0 amide bonds. The second kappa shape index (κ2) is 11.7. The quantitative estimate of drug-likeness (QED) is 0.183. The summed E-state index contributed by atoms with van der Waals surface area (Å²) in [4.78, 5) is 20.4. The Bertz CT molecular complexity index is 2800. The van der Waals surface area contributed by atoms with Crippen LogP contribution < -0.4 is 0 Å². The molecule has 0 spiro atoms. The van der Waals surface area contributed by atoms with E-state index in [0.29, 0.717) is 28.9 Å². The molecule has 1 aliphatic rings. The Morgan fingerprint density at radius 1 is 0.423 bits per heavy atom. The number of fused-ring (bicyclic) bond motifs is 6. The SMILES string of the molecule is CC1(C)c2ccccc2-c2ccc(-c3nc(-c4ccc(-c5ccccc5)cc4)nc(-c4cccc5ccc6nc(-c7ccccc7)oc6c45)n3)cc21. The highest BCUT2D eigenvalue weighted by molar-refractivity contribution is 6.10. The van der Waals surface area contributed by atoms with E-state index >= 15 is 0 Å². The van der Waals surface area contributed by atoms with Gasteiger partial charge in [-0.1, -0.05) is 147 Å². The summed E-state index contributed by atoms with van der Waals surface area (Å²) in [6, 6.07) is 54.5. The number of benzene rings is 7. The predicted octanol–water partition coefficient (Wildman–Crippen LogP) is 11.8. The lowest BCUT2D eigenvalue weighted by Crippen LogP contribution is -2.15. The molecule has 2 heterocycles. The number of hydrogen-bond acceptors (Lipinski definition) is 5. The van der Waals surface area contributed by atoms with Gasteiger partial charge in [-0.2, -0.15) is 0 Å². The third kappa shape index (κ3) is 4.85. The summed E-state index contributed by atoms with van der Waals surface area (Å²) < 4.78 is 6.54. The molecule has 1 aliphatic carbocycles. The second-order valence-electron chi connectivity index (χ2n) is 13.9. The maximum absolute atomic E-state index is 6.54. The van der Waals surface area contributed by atoms with Crippen LogP contribution in [0, 0.1) is 0 Å². The normalized spacial score (nSPS) is 13.0. The third-order valence-corrected chi connectivity index (χ3v) is 10.4. The predicted molar refractivity (Wildman–Crippen MR) is 210 cm³/mol. The van der Waals surface area contributed by atoms with Crippen LogP contribution in [0.3, 0.4) is 0 Å². The van der Waals surface area contributed by atoms with Crippen molar-refractivity contribution in [3.8, 4) is 67.9 Å². The molecule has 0 unspecified atom stereocenters. The summed E-state index contributed by atoms with van der Waals surface area (Å²) in [7, 11) is 0. The van der Waals surface area contributed by atoms with Gasteiger partial charge in [0, 0.05) is 33.1 Å². The Balaban J connectivity index is 1.17. The summed E-state index contributed by atoms with van der Waals surface area (Å²) in [6.07, 6.45) is 0. The molecule has 7 aromatic carbocycles. The fourth-order valence-corrected chi connectivity index (χ4v) is 7.69. The van der Waals surface area contributed by atoms with Crippen molar-refractivity contribution < 1.29 is 4.42 Å². The first-order chi connectivity index (χ1) is 25.5. The molecule has 246 valence electrons. The molecule has 0 radical (unpaired) electrons. The van der Waals surface area contributed by atoms with Crippen molar-refractivity contribution in [3.63, 3.8) is 0 Å². The fraction of sp³-hybridized carbons (Fsp3) is 0.0638. The highest BCUT2D eigenvalue weighted by Crippen LogP contribution is 2.49. The number of rotatable bonds is 5. The van der Waals surface area contributed by atoms with Crippen molar-refractivity contribution in [1.82, 2.24) is 19.9 Å². The molecule has 0 saturated heterocycles. The number of aromatic nitrogens is 4. The zero-order chi connectivity index (χ0) is 34.8. The van der Waals surface area contributed by atoms with E-state index < -0.39 is 0 Å². The molecule has 0 atom stereocenters. The molecule has 5 heteroatoms. The van der Waals surface area contributed by atoms with Gasteiger partial charge in [0.25, 0.3) is 0 Å². The number of hydrogen-bond donors (Lipinski definition) is 0. The maximum atomic E-state index is 6.54. The van der Waals surface area contributed by atoms with Gasteiger partial charge in [-0.3, -0.25) is 0 Å². The lowest BCUT2D eigenvalue weighted by atomic mass is 9.82. The summed E-state index contributed by atoms with van der Waals surface area (Å²) in [6.45, 7) is 4.59. The average molecular weight is 669 g/mol. The molecule has 0 N–H and O–H groups in total. The summed E-state index contributed by atoms with van der Waals surface area (Å²) in [5.41, 5.74) is 12.4. The summed E-state index contributed by atoms with van der Waals surface area (Å²) in [5.74, 6) is 2.38. The Morgan fingerprint density at radius 3 is 1.81 bits per heavy atom. The lowest BCUT2D eigenvalue weighted by molar-refractivity contribution is 0.623. The Hall–Kier alpha value is -6.72. The van der Waals surface area contributed by atoms with E-state index in [0.717, 1.165) is 49.7 Å². The van der Waals surface area contributed by atoms with Crippen molar-refractivity contribution in [2.24, 2.45) is 0 Å². The Kier molecular flexibility index (Phi) is 6.77. The van der Waals surface area contributed by atoms with Gasteiger partial charge < -0.3 is 4.42 Å². The molecular weight excluding hydrogens is 637 g/mol. The van der Waals surface area contributed by atoms with E-state index in [2.05, 4.69) is 123 Å². The van der Waals surface area contributed by atoms with Crippen LogP contribution in [-0.4, -0.2) is 19.9 Å². The average Bonchev–Trinajstić information content (AvgIpc) is 3.75. The van der Waals surface area contributed by atoms with E-state index in [9.17, 15) is 0 Å². The van der Waals surface area contributed by atoms with E-state index in [1.807, 2.05) is 48.5 Å². The van der Waals surface area contributed by atoms with Crippen molar-refractivity contribution >= 4 is 21.9 Å². The monoisotopic (exact) mass is 668 g/mol. The number of nitrogens with zero attached hydrogens (tertiary/aromatic N) is 4. The van der Waals surface area contributed by atoms with Gasteiger partial charge in [-0.05, 0) is 63.0 Å². The highest BCUT2D eigenvalue weighted by Gasteiger charge is 2.35. The first kappa shape index (κ1) is 30.1. The highest BCUT2D eigenvalue weighted by atomic mass is 16.3. The molecule has 0 bridgehead atoms. The van der Waals surface area contributed by atoms with Gasteiger partial charge in [0.2, 0.25) is 5.89 Å². The molecule has 5 nitrogen and oxygen atoms in total. The lowest BCUT2D eigenvalue weighted by Gasteiger charge is -2.21. The third-order valence-electron chi connectivity index (χ3n) is 10.4. The van der Waals surface area contributed by atoms with Gasteiger partial charge in [0.15, 0.2) is 23.1 Å². The molecule has 2 aromatic heterocycles. The standard InChI is InChI=1S/C47H32N4O/c1-47(2)38-19-10-9-17-35(38)36-26-24-34(28-39(36)47)44-49-43(32-22-20-30(21-23-32)29-12-5-3-6-13-29)50-45(51-44)37-18-11-16-31-25-27-40-42(41(31)37)52-46(48-40)33-14-7-4-8-15-33/h3-28H,1-2H3. The van der Waals surface area contributed by atoms with Gasteiger partial charge >= 0.3 is 0 Å². The van der Waals surface area contributed by atoms with Gasteiger partial charge in [0.1, 0.15) is 5.52 Å². The molecule has 0 fully saturated rings. The molecule has 10 rings (SSSR count). The van der Waals surface area contributed by atoms with Crippen LogP contribution in [0.1, 0.15) is 25.0 Å². The summed E-state index contributed by atoms with van der Waals surface area (Å²) >= 11 is 0. The van der Waals surface area contributed by atoms with Crippen LogP contribution in [-0.2, 0) is 5.41 Å². The maximum Gasteiger partial charge on any atom is 0.227 e. The first-order valence-corrected chi connectivity index (χ1v) is 17.6. The van der Waals surface area contributed by atoms with Crippen LogP contribution in [0.25, 0.3) is 89.7 Å². The van der Waals surface area contributed by atoms with Crippen LogP contribution in [0.5, 0.6) is 0 Å². The van der Waals surface area contributed by atoms with Crippen LogP contribution >= 0.6 is 0 Å². The second-order valence-corrected chi connectivity index (χ2v) is 13.9. The van der Waals surface area contributed by atoms with Crippen LogP contribution in [0.4, 0.5) is 0 Å². The Morgan fingerprint density at radius 2 is 1.02 bits per heavy atom. The van der Waals surface area contributed by atoms with Gasteiger partial charge in [-0.25, -0.2) is 19.9 Å². The Labute approximate surface area is 301 Å². The minimum Gasteiger partial charge on any atom is -0.435 e. The fourth-order valence-electron chi connectivity index (χ4n) is 7.69. The van der Waals surface area contributed by atoms with E-state index in [1.54, 1.807) is 0 Å². The molecule has 52 heavy (non-hydrogen) atoms. The number of oxazole rings is 1. The molecule has 9 aromatic rings. The van der Waals surface area contributed by atoms with Crippen molar-refractivity contribution in [2.75, 3.05) is 0 Å². The largest absolute Gasteiger partial charge is 0.435 e. The van der Waals surface area contributed by atoms with Crippen molar-refractivity contribution in [2.45, 2.75) is 19.3 Å². The van der Waals surface area contributed by atoms with Gasteiger partial charge in [-0.15, -0.1) is 0 Å². The smallest absolute Gasteiger partial charge is 0.227 e. The minimum absolute atomic E-state index is 0.155. The zero-order valence-corrected chi connectivity index (χ0v) is 28.7. The molecule has 0 aliphatic heterocycles. The van der Waals surface area contributed by atoms with E-state index in [4.69, 9.17) is 24.4 Å². The van der Waals surface area contributed by atoms with Crippen LogP contribution in [0.2, 0.25) is 0 Å². The van der Waals surface area contributed by atoms with Crippen LogP contribution in [0.15, 0.2) is 162 Å². The van der Waals surface area contributed by atoms with E-state index in [1.165, 1.54) is 22.3 Å². The summed E-state index contributed by atoms with van der Waals surface area (Å²) in [5, 5.41) is 1.94. The molecular formula is C47H32N4O. The van der Waals surface area contributed by atoms with E-state index in [-0.39, 0.29) is 5.41 Å². The topological polar surface area (TPSA) is 64.7 Å². The van der Waals surface area contributed by atoms with Crippen molar-refractivity contribution in [1.29, 1.82) is 0 Å². The zero-order valence-electron chi connectivity index (χ0n) is 28.7. The minimum atomic E-state index is -0.155.